The highest BCUT2D eigenvalue weighted by atomic mass is 16.5. The molecule has 86 valence electrons. The number of ether oxygens (including phenoxy) is 1. The van der Waals surface area contributed by atoms with Gasteiger partial charge in [0.2, 0.25) is 0 Å². The quantitative estimate of drug-likeness (QED) is 0.757. The molecule has 0 fully saturated rings. The van der Waals surface area contributed by atoms with Crippen molar-refractivity contribution in [3.63, 3.8) is 0 Å². The number of carbonyl (C=O) groups excluding carboxylic acids is 1. The first kappa shape index (κ1) is 11.3. The van der Waals surface area contributed by atoms with Crippen molar-refractivity contribution in [2.24, 2.45) is 0 Å². The number of rotatable bonds is 3. The Morgan fingerprint density at radius 3 is 2.41 bits per heavy atom. The van der Waals surface area contributed by atoms with Gasteiger partial charge in [0.1, 0.15) is 0 Å². The van der Waals surface area contributed by atoms with Crippen LogP contribution in [-0.4, -0.2) is 11.0 Å². The number of pyridine rings is 1. The summed E-state index contributed by atoms with van der Waals surface area (Å²) in [6.45, 7) is 1.41. The second-order valence-corrected chi connectivity index (χ2v) is 3.69. The summed E-state index contributed by atoms with van der Waals surface area (Å²) in [4.78, 5) is 15.2. The SMILES string of the molecule is CC(=O)OC(c1ccccc1)c1cccnc1. The third-order valence-electron chi connectivity index (χ3n) is 2.37. The molecule has 0 bridgehead atoms. The van der Waals surface area contributed by atoms with Crippen molar-refractivity contribution in [2.75, 3.05) is 0 Å². The molecule has 0 radical (unpaired) electrons. The Labute approximate surface area is 100 Å². The summed E-state index contributed by atoms with van der Waals surface area (Å²) in [5.41, 5.74) is 1.81. The highest BCUT2D eigenvalue weighted by Crippen LogP contribution is 2.25. The summed E-state index contributed by atoms with van der Waals surface area (Å²) in [7, 11) is 0. The fraction of sp³-hybridized carbons (Fsp3) is 0.143. The summed E-state index contributed by atoms with van der Waals surface area (Å²) >= 11 is 0. The summed E-state index contributed by atoms with van der Waals surface area (Å²) in [6.07, 6.45) is 3.02. The lowest BCUT2D eigenvalue weighted by atomic mass is 10.0. The van der Waals surface area contributed by atoms with Crippen LogP contribution in [0.3, 0.4) is 0 Å². The molecule has 17 heavy (non-hydrogen) atoms. The monoisotopic (exact) mass is 227 g/mol. The van der Waals surface area contributed by atoms with Gasteiger partial charge < -0.3 is 4.74 Å². The highest BCUT2D eigenvalue weighted by molar-refractivity contribution is 5.66. The molecule has 1 heterocycles. The van der Waals surface area contributed by atoms with Crippen LogP contribution in [0.2, 0.25) is 0 Å². The van der Waals surface area contributed by atoms with E-state index in [4.69, 9.17) is 4.74 Å². The second kappa shape index (κ2) is 5.25. The largest absolute Gasteiger partial charge is 0.453 e. The predicted octanol–water partition coefficient (Wildman–Crippen LogP) is 2.73. The number of nitrogens with zero attached hydrogens (tertiary/aromatic N) is 1. The first-order valence-electron chi connectivity index (χ1n) is 5.39. The number of hydrogen-bond donors (Lipinski definition) is 0. The summed E-state index contributed by atoms with van der Waals surface area (Å²) in [5.74, 6) is -0.303. The van der Waals surface area contributed by atoms with Crippen molar-refractivity contribution < 1.29 is 9.53 Å². The fourth-order valence-corrected chi connectivity index (χ4v) is 1.65. The van der Waals surface area contributed by atoms with Crippen molar-refractivity contribution in [1.82, 2.24) is 4.98 Å². The van der Waals surface area contributed by atoms with E-state index in [9.17, 15) is 4.79 Å². The van der Waals surface area contributed by atoms with Gasteiger partial charge in [-0.1, -0.05) is 36.4 Å². The van der Waals surface area contributed by atoms with Gasteiger partial charge in [-0.2, -0.15) is 0 Å². The third kappa shape index (κ3) is 2.91. The molecule has 0 saturated heterocycles. The van der Waals surface area contributed by atoms with Gasteiger partial charge in [0.25, 0.3) is 0 Å². The molecular formula is C14H13NO2. The topological polar surface area (TPSA) is 39.2 Å². The lowest BCUT2D eigenvalue weighted by molar-refractivity contribution is -0.144. The van der Waals surface area contributed by atoms with Crippen LogP contribution in [0.5, 0.6) is 0 Å². The lowest BCUT2D eigenvalue weighted by Crippen LogP contribution is -2.10. The maximum Gasteiger partial charge on any atom is 0.303 e. The Bertz CT molecular complexity index is 443. The lowest BCUT2D eigenvalue weighted by Gasteiger charge is -2.17. The Morgan fingerprint density at radius 1 is 1.12 bits per heavy atom. The minimum atomic E-state index is -0.387. The van der Waals surface area contributed by atoms with Crippen LogP contribution in [0.15, 0.2) is 54.9 Å². The number of aromatic nitrogens is 1. The average molecular weight is 227 g/mol. The normalized spacial score (nSPS) is 11.8. The van der Waals surface area contributed by atoms with E-state index in [0.29, 0.717) is 0 Å². The number of carbonyl (C=O) groups is 1. The van der Waals surface area contributed by atoms with Crippen LogP contribution >= 0.6 is 0 Å². The molecule has 1 unspecified atom stereocenters. The van der Waals surface area contributed by atoms with Crippen molar-refractivity contribution in [2.45, 2.75) is 13.0 Å². The van der Waals surface area contributed by atoms with Crippen LogP contribution in [0.1, 0.15) is 24.2 Å². The van der Waals surface area contributed by atoms with Crippen LogP contribution in [0, 0.1) is 0 Å². The third-order valence-corrected chi connectivity index (χ3v) is 2.37. The Kier molecular flexibility index (Phi) is 3.50. The van der Waals surface area contributed by atoms with Crippen LogP contribution < -0.4 is 0 Å². The van der Waals surface area contributed by atoms with Crippen molar-refractivity contribution >= 4 is 5.97 Å². The zero-order chi connectivity index (χ0) is 12.1. The maximum atomic E-state index is 11.2. The van der Waals surface area contributed by atoms with E-state index < -0.39 is 0 Å². The van der Waals surface area contributed by atoms with Gasteiger partial charge in [0.05, 0.1) is 0 Å². The summed E-state index contributed by atoms with van der Waals surface area (Å²) in [6, 6.07) is 13.4. The van der Waals surface area contributed by atoms with Gasteiger partial charge in [-0.25, -0.2) is 0 Å². The second-order valence-electron chi connectivity index (χ2n) is 3.69. The zero-order valence-corrected chi connectivity index (χ0v) is 9.54. The molecule has 1 atom stereocenters. The van der Waals surface area contributed by atoms with Crippen LogP contribution in [-0.2, 0) is 9.53 Å². The summed E-state index contributed by atoms with van der Waals surface area (Å²) in [5, 5.41) is 0. The van der Waals surface area contributed by atoms with E-state index in [1.807, 2.05) is 42.5 Å². The van der Waals surface area contributed by atoms with Crippen LogP contribution in [0.4, 0.5) is 0 Å². The van der Waals surface area contributed by atoms with Crippen molar-refractivity contribution in [1.29, 1.82) is 0 Å². The van der Waals surface area contributed by atoms with Gasteiger partial charge in [-0.3, -0.25) is 9.78 Å². The molecule has 0 aliphatic rings. The first-order valence-corrected chi connectivity index (χ1v) is 5.39. The molecule has 0 aliphatic heterocycles. The van der Waals surface area contributed by atoms with Gasteiger partial charge in [-0.05, 0) is 11.6 Å². The molecule has 2 rings (SSSR count). The highest BCUT2D eigenvalue weighted by Gasteiger charge is 2.16. The molecule has 0 aliphatic carbocycles. The molecule has 0 amide bonds. The molecule has 0 saturated carbocycles. The maximum absolute atomic E-state index is 11.2. The van der Waals surface area contributed by atoms with Gasteiger partial charge in [0, 0.05) is 24.9 Å². The molecular weight excluding hydrogens is 214 g/mol. The minimum Gasteiger partial charge on any atom is -0.453 e. The van der Waals surface area contributed by atoms with E-state index in [-0.39, 0.29) is 12.1 Å². The molecule has 3 nitrogen and oxygen atoms in total. The number of hydrogen-bond acceptors (Lipinski definition) is 3. The van der Waals surface area contributed by atoms with Crippen molar-refractivity contribution in [3.8, 4) is 0 Å². The number of esters is 1. The molecule has 0 N–H and O–H groups in total. The standard InChI is InChI=1S/C14H13NO2/c1-11(16)17-14(12-6-3-2-4-7-12)13-8-5-9-15-10-13/h2-10,14H,1H3. The molecule has 1 aromatic heterocycles. The van der Waals surface area contributed by atoms with E-state index in [2.05, 4.69) is 4.98 Å². The Morgan fingerprint density at radius 2 is 1.82 bits per heavy atom. The number of benzene rings is 1. The molecule has 2 aromatic rings. The smallest absolute Gasteiger partial charge is 0.303 e. The summed E-state index contributed by atoms with van der Waals surface area (Å²) < 4.78 is 5.34. The van der Waals surface area contributed by atoms with E-state index in [1.165, 1.54) is 6.92 Å². The van der Waals surface area contributed by atoms with E-state index in [1.54, 1.807) is 12.4 Å². The van der Waals surface area contributed by atoms with E-state index in [0.717, 1.165) is 11.1 Å². The van der Waals surface area contributed by atoms with Gasteiger partial charge in [0.15, 0.2) is 6.10 Å². The van der Waals surface area contributed by atoms with Gasteiger partial charge in [-0.15, -0.1) is 0 Å². The predicted molar refractivity (Wildman–Crippen MR) is 64.3 cm³/mol. The molecule has 3 heteroatoms. The van der Waals surface area contributed by atoms with Crippen molar-refractivity contribution in [3.05, 3.63) is 66.0 Å². The Hall–Kier alpha value is -2.16. The average Bonchev–Trinajstić information content (AvgIpc) is 2.38. The van der Waals surface area contributed by atoms with Crippen LogP contribution in [0.25, 0.3) is 0 Å². The zero-order valence-electron chi connectivity index (χ0n) is 9.54. The van der Waals surface area contributed by atoms with E-state index >= 15 is 0 Å². The molecule has 0 spiro atoms. The minimum absolute atomic E-state index is 0.303. The van der Waals surface area contributed by atoms with Gasteiger partial charge >= 0.3 is 5.97 Å². The first-order chi connectivity index (χ1) is 8.27. The Balaban J connectivity index is 2.36. The fourth-order valence-electron chi connectivity index (χ4n) is 1.65. The molecule has 1 aromatic carbocycles.